The largest absolute Gasteiger partial charge is 0.490 e. The van der Waals surface area contributed by atoms with Gasteiger partial charge in [-0.15, -0.1) is 0 Å². The zero-order valence-corrected chi connectivity index (χ0v) is 11.0. The van der Waals surface area contributed by atoms with E-state index in [1.54, 1.807) is 0 Å². The third-order valence-electron chi connectivity index (χ3n) is 3.84. The molecule has 0 spiro atoms. The second-order valence-corrected chi connectivity index (χ2v) is 5.36. The molecule has 1 heteroatoms. The number of benzene rings is 2. The van der Waals surface area contributed by atoms with Gasteiger partial charge >= 0.3 is 0 Å². The first kappa shape index (κ1) is 11.6. The molecule has 1 aliphatic carbocycles. The number of rotatable bonds is 2. The fourth-order valence-electron chi connectivity index (χ4n) is 2.84. The van der Waals surface area contributed by atoms with Crippen LogP contribution in [0.3, 0.4) is 0 Å². The number of aryl methyl sites for hydroxylation is 1. The summed E-state index contributed by atoms with van der Waals surface area (Å²) in [5.74, 6) is 1.06. The Kier molecular flexibility index (Phi) is 3.22. The van der Waals surface area contributed by atoms with E-state index < -0.39 is 0 Å². The molecule has 0 heterocycles. The quantitative estimate of drug-likeness (QED) is 0.728. The van der Waals surface area contributed by atoms with Gasteiger partial charge in [0.2, 0.25) is 0 Å². The normalized spacial score (nSPS) is 16.9. The summed E-state index contributed by atoms with van der Waals surface area (Å²) in [7, 11) is 0. The molecule has 0 aromatic heterocycles. The minimum atomic E-state index is 0.422. The Morgan fingerprint density at radius 3 is 2.67 bits per heavy atom. The van der Waals surface area contributed by atoms with Gasteiger partial charge < -0.3 is 4.74 Å². The predicted octanol–water partition coefficient (Wildman–Crippen LogP) is 4.86. The molecule has 0 saturated heterocycles. The van der Waals surface area contributed by atoms with Crippen LogP contribution in [0.4, 0.5) is 0 Å². The molecule has 0 amide bonds. The fraction of sp³-hybridized carbons (Fsp3) is 0.412. The molecule has 1 saturated carbocycles. The lowest BCUT2D eigenvalue weighted by atomic mass is 9.97. The Morgan fingerprint density at radius 1 is 1.00 bits per heavy atom. The second-order valence-electron chi connectivity index (χ2n) is 5.36. The SMILES string of the molecule is Cc1ccc2c(OC3CCCCC3)cccc2c1. The van der Waals surface area contributed by atoms with Gasteiger partial charge in [0.25, 0.3) is 0 Å². The molecular weight excluding hydrogens is 220 g/mol. The van der Waals surface area contributed by atoms with E-state index in [4.69, 9.17) is 4.74 Å². The standard InChI is InChI=1S/C17H20O/c1-13-10-11-16-14(12-13)6-5-9-17(16)18-15-7-3-2-4-8-15/h5-6,9-12,15H,2-4,7-8H2,1H3. The molecule has 2 aromatic carbocycles. The Balaban J connectivity index is 1.91. The lowest BCUT2D eigenvalue weighted by molar-refractivity contribution is 0.157. The van der Waals surface area contributed by atoms with Gasteiger partial charge in [-0.05, 0) is 44.1 Å². The van der Waals surface area contributed by atoms with Crippen molar-refractivity contribution in [3.8, 4) is 5.75 Å². The first-order chi connectivity index (χ1) is 8.83. The first-order valence-corrected chi connectivity index (χ1v) is 6.99. The van der Waals surface area contributed by atoms with Crippen molar-refractivity contribution in [1.29, 1.82) is 0 Å². The molecule has 0 radical (unpaired) electrons. The zero-order chi connectivity index (χ0) is 12.4. The van der Waals surface area contributed by atoms with Crippen molar-refractivity contribution in [2.45, 2.75) is 45.1 Å². The summed E-state index contributed by atoms with van der Waals surface area (Å²) in [6.45, 7) is 2.13. The van der Waals surface area contributed by atoms with Gasteiger partial charge in [0.1, 0.15) is 5.75 Å². The second kappa shape index (κ2) is 5.01. The third-order valence-corrected chi connectivity index (χ3v) is 3.84. The topological polar surface area (TPSA) is 9.23 Å². The number of hydrogen-bond acceptors (Lipinski definition) is 1. The molecule has 1 nitrogen and oxygen atoms in total. The lowest BCUT2D eigenvalue weighted by Gasteiger charge is -2.23. The van der Waals surface area contributed by atoms with Crippen LogP contribution in [0.1, 0.15) is 37.7 Å². The van der Waals surface area contributed by atoms with Crippen LogP contribution in [-0.4, -0.2) is 6.10 Å². The maximum absolute atomic E-state index is 6.21. The van der Waals surface area contributed by atoms with Crippen LogP contribution < -0.4 is 4.74 Å². The lowest BCUT2D eigenvalue weighted by Crippen LogP contribution is -2.19. The molecule has 0 N–H and O–H groups in total. The van der Waals surface area contributed by atoms with Gasteiger partial charge in [-0.2, -0.15) is 0 Å². The van der Waals surface area contributed by atoms with Crippen LogP contribution in [0.2, 0.25) is 0 Å². The Bertz CT molecular complexity index is 538. The summed E-state index contributed by atoms with van der Waals surface area (Å²) in [4.78, 5) is 0. The van der Waals surface area contributed by atoms with Gasteiger partial charge in [0.15, 0.2) is 0 Å². The van der Waals surface area contributed by atoms with Crippen molar-refractivity contribution in [1.82, 2.24) is 0 Å². The average Bonchev–Trinajstić information content (AvgIpc) is 2.40. The predicted molar refractivity (Wildman–Crippen MR) is 76.2 cm³/mol. The summed E-state index contributed by atoms with van der Waals surface area (Å²) in [5.41, 5.74) is 1.30. The van der Waals surface area contributed by atoms with E-state index >= 15 is 0 Å². The van der Waals surface area contributed by atoms with Gasteiger partial charge in [0.05, 0.1) is 6.10 Å². The average molecular weight is 240 g/mol. The van der Waals surface area contributed by atoms with Crippen LogP contribution in [0.25, 0.3) is 10.8 Å². The molecule has 18 heavy (non-hydrogen) atoms. The molecule has 1 aliphatic rings. The highest BCUT2D eigenvalue weighted by molar-refractivity contribution is 5.88. The van der Waals surface area contributed by atoms with Crippen LogP contribution in [0, 0.1) is 6.92 Å². The van der Waals surface area contributed by atoms with Gasteiger partial charge in [0, 0.05) is 5.39 Å². The molecule has 0 unspecified atom stereocenters. The van der Waals surface area contributed by atoms with E-state index in [0.29, 0.717) is 6.10 Å². The van der Waals surface area contributed by atoms with Crippen LogP contribution in [0.15, 0.2) is 36.4 Å². The Labute approximate surface area is 109 Å². The highest BCUT2D eigenvalue weighted by Gasteiger charge is 2.15. The van der Waals surface area contributed by atoms with Crippen LogP contribution in [0.5, 0.6) is 5.75 Å². The van der Waals surface area contributed by atoms with Crippen molar-refractivity contribution in [3.05, 3.63) is 42.0 Å². The summed E-state index contributed by atoms with van der Waals surface area (Å²) in [6, 6.07) is 12.9. The minimum absolute atomic E-state index is 0.422. The van der Waals surface area contributed by atoms with Crippen molar-refractivity contribution in [2.24, 2.45) is 0 Å². The molecule has 2 aromatic rings. The first-order valence-electron chi connectivity index (χ1n) is 6.99. The van der Waals surface area contributed by atoms with Gasteiger partial charge in [-0.3, -0.25) is 0 Å². The molecule has 0 aliphatic heterocycles. The summed E-state index contributed by atoms with van der Waals surface area (Å²) < 4.78 is 6.21. The molecule has 0 bridgehead atoms. The smallest absolute Gasteiger partial charge is 0.127 e. The number of fused-ring (bicyclic) bond motifs is 1. The Morgan fingerprint density at radius 2 is 1.83 bits per heavy atom. The highest BCUT2D eigenvalue weighted by Crippen LogP contribution is 2.30. The Hall–Kier alpha value is -1.50. The molecular formula is C17H20O. The maximum atomic E-state index is 6.21. The van der Waals surface area contributed by atoms with E-state index in [9.17, 15) is 0 Å². The van der Waals surface area contributed by atoms with Crippen molar-refractivity contribution in [2.75, 3.05) is 0 Å². The molecule has 3 rings (SSSR count). The van der Waals surface area contributed by atoms with Crippen molar-refractivity contribution < 1.29 is 4.74 Å². The van der Waals surface area contributed by atoms with E-state index in [1.165, 1.54) is 48.4 Å². The summed E-state index contributed by atoms with van der Waals surface area (Å²) in [6.07, 6.45) is 6.84. The fourth-order valence-corrected chi connectivity index (χ4v) is 2.84. The van der Waals surface area contributed by atoms with E-state index in [2.05, 4.69) is 43.3 Å². The zero-order valence-electron chi connectivity index (χ0n) is 11.0. The molecule has 0 atom stereocenters. The van der Waals surface area contributed by atoms with Gasteiger partial charge in [-0.1, -0.05) is 42.3 Å². The van der Waals surface area contributed by atoms with Crippen LogP contribution in [-0.2, 0) is 0 Å². The van der Waals surface area contributed by atoms with Crippen molar-refractivity contribution >= 4 is 10.8 Å². The number of hydrogen-bond donors (Lipinski definition) is 0. The van der Waals surface area contributed by atoms with Crippen LogP contribution >= 0.6 is 0 Å². The highest BCUT2D eigenvalue weighted by atomic mass is 16.5. The maximum Gasteiger partial charge on any atom is 0.127 e. The van der Waals surface area contributed by atoms with E-state index in [1.807, 2.05) is 0 Å². The minimum Gasteiger partial charge on any atom is -0.490 e. The summed E-state index contributed by atoms with van der Waals surface area (Å²) in [5, 5.41) is 2.52. The monoisotopic (exact) mass is 240 g/mol. The van der Waals surface area contributed by atoms with Crippen molar-refractivity contribution in [3.63, 3.8) is 0 Å². The van der Waals surface area contributed by atoms with E-state index in [0.717, 1.165) is 5.75 Å². The molecule has 1 fully saturated rings. The van der Waals surface area contributed by atoms with E-state index in [-0.39, 0.29) is 0 Å². The summed E-state index contributed by atoms with van der Waals surface area (Å²) >= 11 is 0. The number of ether oxygens (including phenoxy) is 1. The third kappa shape index (κ3) is 2.35. The van der Waals surface area contributed by atoms with Gasteiger partial charge in [-0.25, -0.2) is 0 Å². The molecule has 94 valence electrons.